The van der Waals surface area contributed by atoms with E-state index >= 15 is 0 Å². The molecule has 1 aromatic carbocycles. The van der Waals surface area contributed by atoms with Crippen molar-refractivity contribution < 1.29 is 14.3 Å². The number of thiazole rings is 1. The average molecular weight is 402 g/mol. The van der Waals surface area contributed by atoms with E-state index in [1.807, 2.05) is 18.7 Å². The minimum absolute atomic E-state index is 0.0102. The monoisotopic (exact) mass is 401 g/mol. The lowest BCUT2D eigenvalue weighted by atomic mass is 9.97. The van der Waals surface area contributed by atoms with Gasteiger partial charge in [0, 0.05) is 22.5 Å². The van der Waals surface area contributed by atoms with E-state index < -0.39 is 0 Å². The molecule has 28 heavy (non-hydrogen) atoms. The molecule has 1 saturated heterocycles. The molecule has 0 saturated carbocycles. The van der Waals surface area contributed by atoms with Gasteiger partial charge < -0.3 is 9.64 Å². The summed E-state index contributed by atoms with van der Waals surface area (Å²) in [5, 5.41) is 3.40. The van der Waals surface area contributed by atoms with Crippen molar-refractivity contribution in [2.45, 2.75) is 59.0 Å². The Bertz CT molecular complexity index is 818. The highest BCUT2D eigenvalue weighted by Gasteiger charge is 2.28. The van der Waals surface area contributed by atoms with Crippen molar-refractivity contribution in [1.29, 1.82) is 0 Å². The van der Waals surface area contributed by atoms with Crippen LogP contribution in [0.1, 0.15) is 54.0 Å². The Morgan fingerprint density at radius 2 is 1.82 bits per heavy atom. The van der Waals surface area contributed by atoms with Gasteiger partial charge in [0.2, 0.25) is 0 Å². The molecular weight excluding hydrogens is 374 g/mol. The Morgan fingerprint density at radius 1 is 1.18 bits per heavy atom. The van der Waals surface area contributed by atoms with Gasteiger partial charge in [0.05, 0.1) is 5.69 Å². The number of nitrogens with one attached hydrogen (secondary N) is 1. The SMILES string of the molecule is Cc1nc(NC(=O)c2ccc(OCC(=O)N3[C@H](C)CCC[C@H]3C)cc2)sc1C. The van der Waals surface area contributed by atoms with Crippen molar-refractivity contribution in [3.63, 3.8) is 0 Å². The number of carbonyl (C=O) groups is 2. The number of hydrogen-bond donors (Lipinski definition) is 1. The minimum Gasteiger partial charge on any atom is -0.484 e. The molecule has 0 aliphatic carbocycles. The van der Waals surface area contributed by atoms with Crippen LogP contribution in [0.5, 0.6) is 5.75 Å². The summed E-state index contributed by atoms with van der Waals surface area (Å²) in [4.78, 5) is 32.2. The molecule has 1 aliphatic rings. The van der Waals surface area contributed by atoms with E-state index in [9.17, 15) is 9.59 Å². The maximum atomic E-state index is 12.5. The molecule has 0 radical (unpaired) electrons. The number of hydrogen-bond acceptors (Lipinski definition) is 5. The molecule has 2 heterocycles. The molecule has 2 aromatic rings. The zero-order valence-corrected chi connectivity index (χ0v) is 17.6. The quantitative estimate of drug-likeness (QED) is 0.816. The van der Waals surface area contributed by atoms with E-state index in [-0.39, 0.29) is 30.5 Å². The molecule has 0 bridgehead atoms. The maximum absolute atomic E-state index is 12.5. The Morgan fingerprint density at radius 3 is 2.39 bits per heavy atom. The summed E-state index contributed by atoms with van der Waals surface area (Å²) in [5.74, 6) is 0.367. The third-order valence-corrected chi connectivity index (χ3v) is 6.20. The average Bonchev–Trinajstić information content (AvgIpc) is 2.97. The highest BCUT2D eigenvalue weighted by Crippen LogP contribution is 2.24. The van der Waals surface area contributed by atoms with Gasteiger partial charge in [-0.25, -0.2) is 4.98 Å². The molecule has 1 aromatic heterocycles. The van der Waals surface area contributed by atoms with Crippen molar-refractivity contribution in [2.75, 3.05) is 11.9 Å². The van der Waals surface area contributed by atoms with E-state index in [1.165, 1.54) is 11.3 Å². The zero-order chi connectivity index (χ0) is 20.3. The number of piperidine rings is 1. The summed E-state index contributed by atoms with van der Waals surface area (Å²) in [5.41, 5.74) is 1.44. The number of rotatable bonds is 5. The van der Waals surface area contributed by atoms with Crippen LogP contribution in [0.3, 0.4) is 0 Å². The second kappa shape index (κ2) is 8.73. The predicted molar refractivity (Wildman–Crippen MR) is 111 cm³/mol. The van der Waals surface area contributed by atoms with E-state index in [4.69, 9.17) is 4.74 Å². The van der Waals surface area contributed by atoms with E-state index in [0.717, 1.165) is 29.8 Å². The van der Waals surface area contributed by atoms with Crippen LogP contribution in [0, 0.1) is 13.8 Å². The molecule has 1 aliphatic heterocycles. The lowest BCUT2D eigenvalue weighted by Crippen LogP contribution is -2.49. The summed E-state index contributed by atoms with van der Waals surface area (Å²) < 4.78 is 5.66. The van der Waals surface area contributed by atoms with Crippen LogP contribution in [-0.2, 0) is 4.79 Å². The fourth-order valence-corrected chi connectivity index (χ4v) is 4.34. The van der Waals surface area contributed by atoms with Crippen molar-refractivity contribution >= 4 is 28.3 Å². The molecule has 2 atom stereocenters. The Labute approximate surface area is 169 Å². The first-order chi connectivity index (χ1) is 13.3. The minimum atomic E-state index is -0.215. The second-order valence-corrected chi connectivity index (χ2v) is 8.56. The first kappa shape index (κ1) is 20.3. The van der Waals surface area contributed by atoms with Gasteiger partial charge >= 0.3 is 0 Å². The van der Waals surface area contributed by atoms with Gasteiger partial charge in [-0.1, -0.05) is 0 Å². The highest BCUT2D eigenvalue weighted by atomic mass is 32.1. The standard InChI is InChI=1S/C21H27N3O3S/c1-13-6-5-7-14(2)24(13)19(25)12-27-18-10-8-17(9-11-18)20(26)23-21-22-15(3)16(4)28-21/h8-11,13-14H,5-7,12H2,1-4H3,(H,22,23,26)/t13-,14-/m1/s1. The summed E-state index contributed by atoms with van der Waals surface area (Å²) in [6.07, 6.45) is 3.24. The number of amides is 2. The molecule has 6 nitrogen and oxygen atoms in total. The number of nitrogens with zero attached hydrogens (tertiary/aromatic N) is 2. The molecule has 0 spiro atoms. The normalized spacial score (nSPS) is 19.4. The second-order valence-electron chi connectivity index (χ2n) is 7.36. The smallest absolute Gasteiger partial charge is 0.260 e. The molecule has 0 unspecified atom stereocenters. The first-order valence-electron chi connectivity index (χ1n) is 9.64. The van der Waals surface area contributed by atoms with Gasteiger partial charge in [0.25, 0.3) is 11.8 Å². The van der Waals surface area contributed by atoms with Crippen molar-refractivity contribution in [1.82, 2.24) is 9.88 Å². The number of ether oxygens (including phenoxy) is 1. The van der Waals surface area contributed by atoms with Gasteiger partial charge in [-0.15, -0.1) is 11.3 Å². The summed E-state index contributed by atoms with van der Waals surface area (Å²) in [6, 6.07) is 7.31. The van der Waals surface area contributed by atoms with Crippen molar-refractivity contribution in [3.05, 3.63) is 40.4 Å². The van der Waals surface area contributed by atoms with E-state index in [0.29, 0.717) is 16.4 Å². The maximum Gasteiger partial charge on any atom is 0.260 e. The van der Waals surface area contributed by atoms with Crippen molar-refractivity contribution in [3.8, 4) is 5.75 Å². The highest BCUT2D eigenvalue weighted by molar-refractivity contribution is 7.15. The van der Waals surface area contributed by atoms with Crippen molar-refractivity contribution in [2.24, 2.45) is 0 Å². The van der Waals surface area contributed by atoms with Crippen LogP contribution < -0.4 is 10.1 Å². The number of anilines is 1. The number of likely N-dealkylation sites (tertiary alicyclic amines) is 1. The first-order valence-corrected chi connectivity index (χ1v) is 10.5. The summed E-state index contributed by atoms with van der Waals surface area (Å²) in [6.45, 7) is 8.08. The molecule has 3 rings (SSSR count). The fourth-order valence-electron chi connectivity index (χ4n) is 3.53. The van der Waals surface area contributed by atoms with E-state index in [2.05, 4.69) is 24.1 Å². The van der Waals surface area contributed by atoms with Gasteiger partial charge in [-0.3, -0.25) is 14.9 Å². The van der Waals surface area contributed by atoms with Gasteiger partial charge in [0.15, 0.2) is 11.7 Å². The van der Waals surface area contributed by atoms with Crippen LogP contribution in [0.25, 0.3) is 0 Å². The van der Waals surface area contributed by atoms with Crippen LogP contribution >= 0.6 is 11.3 Å². The van der Waals surface area contributed by atoms with Crippen LogP contribution in [-0.4, -0.2) is 40.4 Å². The third kappa shape index (κ3) is 4.70. The summed E-state index contributed by atoms with van der Waals surface area (Å²) in [7, 11) is 0. The number of benzene rings is 1. The van der Waals surface area contributed by atoms with Gasteiger partial charge in [-0.05, 0) is 71.2 Å². The zero-order valence-electron chi connectivity index (χ0n) is 16.8. The lowest BCUT2D eigenvalue weighted by Gasteiger charge is -2.38. The van der Waals surface area contributed by atoms with Crippen LogP contribution in [0.2, 0.25) is 0 Å². The van der Waals surface area contributed by atoms with Crippen LogP contribution in [0.15, 0.2) is 24.3 Å². The Balaban J connectivity index is 1.55. The molecular formula is C21H27N3O3S. The predicted octanol–water partition coefficient (Wildman–Crippen LogP) is 4.18. The molecule has 1 fully saturated rings. The largest absolute Gasteiger partial charge is 0.484 e. The molecule has 150 valence electrons. The van der Waals surface area contributed by atoms with E-state index in [1.54, 1.807) is 24.3 Å². The molecule has 7 heteroatoms. The topological polar surface area (TPSA) is 71.5 Å². The summed E-state index contributed by atoms with van der Waals surface area (Å²) >= 11 is 1.46. The number of aromatic nitrogens is 1. The lowest BCUT2D eigenvalue weighted by molar-refractivity contribution is -0.139. The van der Waals surface area contributed by atoms with Gasteiger partial charge in [-0.2, -0.15) is 0 Å². The van der Waals surface area contributed by atoms with Gasteiger partial charge in [0.1, 0.15) is 5.75 Å². The van der Waals surface area contributed by atoms with Crippen LogP contribution in [0.4, 0.5) is 5.13 Å². The molecule has 2 amide bonds. The third-order valence-electron chi connectivity index (χ3n) is 5.21. The fraction of sp³-hybridized carbons (Fsp3) is 0.476. The number of aryl methyl sites for hydroxylation is 2. The molecule has 1 N–H and O–H groups in total. The Hall–Kier alpha value is -2.41. The number of carbonyl (C=O) groups excluding carboxylic acids is 2. The Kier molecular flexibility index (Phi) is 6.34.